The topological polar surface area (TPSA) is 147 Å². The van der Waals surface area contributed by atoms with Gasteiger partial charge in [-0.3, -0.25) is 14.4 Å². The van der Waals surface area contributed by atoms with Gasteiger partial charge in [0.15, 0.2) is 4.87 Å². The number of anilines is 1. The number of pyridine rings is 1. The first kappa shape index (κ1) is 34.1. The number of sulfonamides is 1. The Morgan fingerprint density at radius 1 is 1.06 bits per heavy atom. The van der Waals surface area contributed by atoms with Crippen LogP contribution in [-0.4, -0.2) is 82.1 Å². The van der Waals surface area contributed by atoms with Crippen molar-refractivity contribution in [2.24, 2.45) is 5.92 Å². The number of carbonyl (C=O) groups excluding carboxylic acids is 3. The molecule has 2 saturated heterocycles. The molecular weight excluding hydrogens is 695 g/mol. The van der Waals surface area contributed by atoms with Gasteiger partial charge < -0.3 is 25.0 Å². The molecule has 2 saturated carbocycles. The second kappa shape index (κ2) is 12.2. The number of rotatable bonds is 4. The zero-order valence-corrected chi connectivity index (χ0v) is 30.9. The molecule has 3 aromatic rings. The number of methoxy groups -OCH3 is 1. The summed E-state index contributed by atoms with van der Waals surface area (Å²) in [7, 11) is -2.11. The van der Waals surface area contributed by atoms with Gasteiger partial charge in [-0.1, -0.05) is 49.3 Å². The lowest BCUT2D eigenvalue weighted by Gasteiger charge is -2.36. The summed E-state index contributed by atoms with van der Waals surface area (Å²) in [6, 6.07) is 13.8. The molecule has 2 spiro atoms. The number of aromatic nitrogens is 1. The highest BCUT2D eigenvalue weighted by Gasteiger charge is 2.83. The van der Waals surface area contributed by atoms with Crippen LogP contribution in [0.15, 0.2) is 60.7 Å². The molecule has 4 aliphatic heterocycles. The quantitative estimate of drug-likeness (QED) is 0.286. The average Bonchev–Trinajstić information content (AvgIpc) is 4.10. The highest BCUT2D eigenvalue weighted by molar-refractivity contribution is 7.98. The Bertz CT molecular complexity index is 2190. The number of para-hydroxylation sites is 1. The lowest BCUT2D eigenvalue weighted by atomic mass is 9.87. The van der Waals surface area contributed by atoms with Crippen molar-refractivity contribution >= 4 is 44.3 Å². The smallest absolute Gasteiger partial charge is 0.264 e. The van der Waals surface area contributed by atoms with Crippen LogP contribution < -0.4 is 20.1 Å². The molecule has 5 unspecified atom stereocenters. The summed E-state index contributed by atoms with van der Waals surface area (Å²) < 4.78 is 39.3. The standard InChI is InChI=1S/C40H45N5O7S/c1-25-34-30(29-14-8-9-15-31(29)41-25)17-18-38(52-34)23-33-35(46)43-40(37(48)45-39(19-20-39)53(45,49)50)22-26(40)11-6-4-3-5-7-16-32(36(47)44(33)24-38)42-27-12-10-13-28(21-27)51-2/h6,8-15,21,26,32-33,42H,3-5,7,16-20,22-24H2,1-2H3,(H,43,46). The van der Waals surface area contributed by atoms with Gasteiger partial charge in [0.05, 0.1) is 24.9 Å². The first-order chi connectivity index (χ1) is 25.5. The van der Waals surface area contributed by atoms with Gasteiger partial charge in [0, 0.05) is 35.0 Å². The Morgan fingerprint density at radius 3 is 2.68 bits per heavy atom. The zero-order chi connectivity index (χ0) is 36.8. The molecule has 0 bridgehead atoms. The van der Waals surface area contributed by atoms with Crippen LogP contribution in [0.2, 0.25) is 0 Å². The number of ether oxygens (including phenoxy) is 2. The Labute approximate surface area is 309 Å². The van der Waals surface area contributed by atoms with Crippen LogP contribution in [0, 0.1) is 12.8 Å². The third-order valence-electron chi connectivity index (χ3n) is 12.4. The summed E-state index contributed by atoms with van der Waals surface area (Å²) in [4.78, 5) is 49.1. The molecule has 2 N–H and O–H groups in total. The normalized spacial score (nSPS) is 31.0. The van der Waals surface area contributed by atoms with Crippen LogP contribution >= 0.6 is 0 Å². The van der Waals surface area contributed by atoms with Crippen molar-refractivity contribution in [2.45, 2.75) is 106 Å². The Kier molecular flexibility index (Phi) is 7.85. The number of hydrogen-bond donors (Lipinski definition) is 2. The molecule has 53 heavy (non-hydrogen) atoms. The van der Waals surface area contributed by atoms with E-state index in [0.717, 1.165) is 57.8 Å². The molecule has 1 aromatic heterocycles. The molecule has 13 heteroatoms. The number of carbonyl (C=O) groups is 3. The van der Waals surface area contributed by atoms with E-state index in [1.807, 2.05) is 67.6 Å². The van der Waals surface area contributed by atoms with Crippen LogP contribution in [0.4, 0.5) is 5.69 Å². The predicted molar refractivity (Wildman–Crippen MR) is 198 cm³/mol. The van der Waals surface area contributed by atoms with E-state index in [9.17, 15) is 22.8 Å². The number of amides is 3. The number of aryl methyl sites for hydroxylation is 2. The van der Waals surface area contributed by atoms with E-state index in [1.165, 1.54) is 0 Å². The van der Waals surface area contributed by atoms with Gasteiger partial charge in [0.1, 0.15) is 34.7 Å². The van der Waals surface area contributed by atoms with Crippen molar-refractivity contribution in [3.63, 3.8) is 0 Å². The van der Waals surface area contributed by atoms with Crippen molar-refractivity contribution in [3.05, 3.63) is 71.9 Å². The van der Waals surface area contributed by atoms with Gasteiger partial charge >= 0.3 is 0 Å². The minimum Gasteiger partial charge on any atom is -0.497 e. The molecule has 6 aliphatic rings. The molecule has 0 radical (unpaired) electrons. The number of benzene rings is 2. The van der Waals surface area contributed by atoms with Gasteiger partial charge in [0.25, 0.3) is 15.9 Å². The van der Waals surface area contributed by atoms with E-state index >= 15 is 0 Å². The third kappa shape index (κ3) is 5.48. The Hall–Kier alpha value is -4.65. The third-order valence-corrected chi connectivity index (χ3v) is 14.7. The molecular formula is C40H45N5O7S. The fraction of sp³-hybridized carbons (Fsp3) is 0.500. The summed E-state index contributed by atoms with van der Waals surface area (Å²) in [5.74, 6) is -0.249. The second-order valence-electron chi connectivity index (χ2n) is 15.8. The highest BCUT2D eigenvalue weighted by Crippen LogP contribution is 2.64. The lowest BCUT2D eigenvalue weighted by Crippen LogP contribution is -2.56. The fourth-order valence-electron chi connectivity index (χ4n) is 9.12. The molecule has 278 valence electrons. The van der Waals surface area contributed by atoms with E-state index in [-0.39, 0.29) is 24.8 Å². The van der Waals surface area contributed by atoms with Crippen LogP contribution in [0.5, 0.6) is 11.5 Å². The van der Waals surface area contributed by atoms with E-state index in [1.54, 1.807) is 12.0 Å². The van der Waals surface area contributed by atoms with Crippen LogP contribution in [0.25, 0.3) is 10.9 Å². The number of hydrogen-bond acceptors (Lipinski definition) is 9. The minimum absolute atomic E-state index is 0.180. The maximum absolute atomic E-state index is 14.9. The fourth-order valence-corrected chi connectivity index (χ4v) is 11.2. The van der Waals surface area contributed by atoms with Gasteiger partial charge in [-0.2, -0.15) is 0 Å². The van der Waals surface area contributed by atoms with E-state index in [2.05, 4.69) is 10.6 Å². The molecule has 4 fully saturated rings. The first-order valence-electron chi connectivity index (χ1n) is 18.9. The average molecular weight is 740 g/mol. The first-order valence-corrected chi connectivity index (χ1v) is 20.3. The minimum atomic E-state index is -3.71. The summed E-state index contributed by atoms with van der Waals surface area (Å²) >= 11 is 0. The maximum Gasteiger partial charge on any atom is 0.264 e. The van der Waals surface area contributed by atoms with Gasteiger partial charge in [-0.25, -0.2) is 17.7 Å². The van der Waals surface area contributed by atoms with Crippen LogP contribution in [-0.2, 0) is 30.8 Å². The van der Waals surface area contributed by atoms with Crippen molar-refractivity contribution in [1.82, 2.24) is 19.5 Å². The largest absolute Gasteiger partial charge is 0.497 e. The summed E-state index contributed by atoms with van der Waals surface area (Å²) in [5, 5.41) is 7.55. The van der Waals surface area contributed by atoms with Crippen LogP contribution in [0.3, 0.4) is 0 Å². The maximum atomic E-state index is 14.9. The van der Waals surface area contributed by atoms with E-state index in [4.69, 9.17) is 14.5 Å². The summed E-state index contributed by atoms with van der Waals surface area (Å²) in [6.07, 6.45) is 10.5. The zero-order valence-electron chi connectivity index (χ0n) is 30.1. The van der Waals surface area contributed by atoms with Crippen molar-refractivity contribution in [2.75, 3.05) is 19.0 Å². The predicted octanol–water partition coefficient (Wildman–Crippen LogP) is 4.75. The van der Waals surface area contributed by atoms with Crippen molar-refractivity contribution < 1.29 is 32.3 Å². The van der Waals surface area contributed by atoms with Gasteiger partial charge in [-0.15, -0.1) is 0 Å². The summed E-state index contributed by atoms with van der Waals surface area (Å²) in [6.45, 7) is 2.11. The van der Waals surface area contributed by atoms with Gasteiger partial charge in [-0.05, 0) is 76.5 Å². The number of nitrogens with zero attached hydrogens (tertiary/aromatic N) is 3. The molecule has 2 aliphatic carbocycles. The van der Waals surface area contributed by atoms with E-state index in [0.29, 0.717) is 50.0 Å². The lowest BCUT2D eigenvalue weighted by molar-refractivity contribution is -0.141. The Balaban J connectivity index is 1.08. The molecule has 12 nitrogen and oxygen atoms in total. The Morgan fingerprint density at radius 2 is 1.89 bits per heavy atom. The number of fused-ring (bicyclic) bond motifs is 5. The monoisotopic (exact) mass is 739 g/mol. The molecule has 2 aromatic carbocycles. The van der Waals surface area contributed by atoms with Gasteiger partial charge in [0.2, 0.25) is 11.8 Å². The molecule has 5 heterocycles. The highest BCUT2D eigenvalue weighted by atomic mass is 32.2. The number of nitrogens with one attached hydrogen (secondary N) is 2. The number of allylic oxidation sites excluding steroid dienone is 1. The molecule has 3 amide bonds. The van der Waals surface area contributed by atoms with E-state index < -0.39 is 49.9 Å². The second-order valence-corrected chi connectivity index (χ2v) is 17.9. The molecule has 9 rings (SSSR count). The van der Waals surface area contributed by atoms with Crippen molar-refractivity contribution in [3.8, 4) is 11.5 Å². The SMILES string of the molecule is COc1cccc(NC2CCCCCC=CC3CC3(C(=O)N3C4(CC4)S3(=O)=O)NC(=O)C3CC4(CCc5c(c(C)nc6ccccc56)O4)CN3C2=O)c1. The molecule has 5 atom stereocenters. The van der Waals surface area contributed by atoms with Crippen LogP contribution in [0.1, 0.15) is 75.5 Å². The van der Waals surface area contributed by atoms with Crippen molar-refractivity contribution in [1.29, 1.82) is 0 Å². The summed E-state index contributed by atoms with van der Waals surface area (Å²) in [5.41, 5.74) is 1.20.